The number of carbonyl (C=O) groups is 1. The molecule has 86 valence electrons. The molecule has 0 unspecified atom stereocenters. The van der Waals surface area contributed by atoms with Crippen molar-refractivity contribution in [3.05, 3.63) is 24.0 Å². The van der Waals surface area contributed by atoms with E-state index in [-0.39, 0.29) is 5.91 Å². The molecule has 1 heterocycles. The van der Waals surface area contributed by atoms with Gasteiger partial charge >= 0.3 is 0 Å². The molecule has 5 heteroatoms. The Morgan fingerprint density at radius 3 is 2.88 bits per heavy atom. The Morgan fingerprint density at radius 2 is 2.19 bits per heavy atom. The van der Waals surface area contributed by atoms with Crippen LogP contribution in [0.4, 0.5) is 5.69 Å². The second kappa shape index (κ2) is 4.94. The van der Waals surface area contributed by atoms with Gasteiger partial charge in [0.2, 0.25) is 0 Å². The van der Waals surface area contributed by atoms with Gasteiger partial charge in [-0.25, -0.2) is 0 Å². The van der Waals surface area contributed by atoms with Gasteiger partial charge in [0.05, 0.1) is 5.69 Å². The normalized spacial score (nSPS) is 16.1. The second-order valence-corrected chi connectivity index (χ2v) is 4.03. The van der Waals surface area contributed by atoms with E-state index in [2.05, 4.69) is 15.7 Å². The highest BCUT2D eigenvalue weighted by Crippen LogP contribution is 2.18. The van der Waals surface area contributed by atoms with Crippen molar-refractivity contribution in [1.82, 2.24) is 10.3 Å². The van der Waals surface area contributed by atoms with Crippen LogP contribution in [0, 0.1) is 0 Å². The smallest absolute Gasteiger partial charge is 0.270 e. The summed E-state index contributed by atoms with van der Waals surface area (Å²) in [5, 5.41) is 2.98. The number of hydrazine groups is 1. The number of hydrogen-bond acceptors (Lipinski definition) is 4. The summed E-state index contributed by atoms with van der Waals surface area (Å²) in [6.45, 7) is 0. The summed E-state index contributed by atoms with van der Waals surface area (Å²) in [7, 11) is 0. The Bertz CT molecular complexity index is 374. The van der Waals surface area contributed by atoms with E-state index in [0.29, 0.717) is 17.4 Å². The predicted molar refractivity (Wildman–Crippen MR) is 61.8 cm³/mol. The fourth-order valence-electron chi connectivity index (χ4n) is 1.97. The summed E-state index contributed by atoms with van der Waals surface area (Å²) < 4.78 is 0. The molecule has 1 aliphatic rings. The average Bonchev–Trinajstić information content (AvgIpc) is 2.82. The summed E-state index contributed by atoms with van der Waals surface area (Å²) in [4.78, 5) is 15.8. The number of nitrogens with one attached hydrogen (secondary N) is 2. The lowest BCUT2D eigenvalue weighted by molar-refractivity contribution is 0.0933. The molecule has 0 bridgehead atoms. The number of rotatable bonds is 3. The first kappa shape index (κ1) is 10.9. The predicted octanol–water partition coefficient (Wildman–Crippen LogP) is 1.04. The maximum atomic E-state index is 11.8. The van der Waals surface area contributed by atoms with Gasteiger partial charge in [-0.1, -0.05) is 12.8 Å². The molecular formula is C11H16N4O. The van der Waals surface area contributed by atoms with Crippen LogP contribution >= 0.6 is 0 Å². The SMILES string of the molecule is NNc1ccnc(C(=O)NC2CCCC2)c1. The van der Waals surface area contributed by atoms with Gasteiger partial charge in [0, 0.05) is 12.2 Å². The third-order valence-electron chi connectivity index (χ3n) is 2.85. The number of carbonyl (C=O) groups excluding carboxylic acids is 1. The minimum atomic E-state index is -0.121. The lowest BCUT2D eigenvalue weighted by Crippen LogP contribution is -2.33. The molecule has 5 nitrogen and oxygen atoms in total. The van der Waals surface area contributed by atoms with E-state index >= 15 is 0 Å². The van der Waals surface area contributed by atoms with Crippen LogP contribution in [0.2, 0.25) is 0 Å². The van der Waals surface area contributed by atoms with Crippen LogP contribution in [0.5, 0.6) is 0 Å². The van der Waals surface area contributed by atoms with Crippen LogP contribution < -0.4 is 16.6 Å². The molecular weight excluding hydrogens is 204 g/mol. The van der Waals surface area contributed by atoms with Crippen molar-refractivity contribution in [3.8, 4) is 0 Å². The van der Waals surface area contributed by atoms with Crippen molar-refractivity contribution >= 4 is 11.6 Å². The molecule has 0 atom stereocenters. The lowest BCUT2D eigenvalue weighted by atomic mass is 10.2. The molecule has 0 aromatic carbocycles. The molecule has 4 N–H and O–H groups in total. The van der Waals surface area contributed by atoms with Crippen LogP contribution in [0.3, 0.4) is 0 Å². The Balaban J connectivity index is 2.01. The zero-order chi connectivity index (χ0) is 11.4. The maximum Gasteiger partial charge on any atom is 0.270 e. The van der Waals surface area contributed by atoms with Crippen LogP contribution in [0.15, 0.2) is 18.3 Å². The summed E-state index contributed by atoms with van der Waals surface area (Å²) in [6.07, 6.45) is 6.10. The first-order valence-corrected chi connectivity index (χ1v) is 5.53. The molecule has 1 fully saturated rings. The molecule has 2 rings (SSSR count). The standard InChI is InChI=1S/C11H16N4O/c12-15-9-5-6-13-10(7-9)11(16)14-8-3-1-2-4-8/h5-8H,1-4,12H2,(H,13,15)(H,14,16). The van der Waals surface area contributed by atoms with Crippen LogP contribution in [-0.4, -0.2) is 16.9 Å². The van der Waals surface area contributed by atoms with E-state index in [9.17, 15) is 4.79 Å². The highest BCUT2D eigenvalue weighted by Gasteiger charge is 2.18. The highest BCUT2D eigenvalue weighted by atomic mass is 16.1. The summed E-state index contributed by atoms with van der Waals surface area (Å²) in [5.41, 5.74) is 3.59. The van der Waals surface area contributed by atoms with E-state index < -0.39 is 0 Å². The summed E-state index contributed by atoms with van der Waals surface area (Å²) >= 11 is 0. The first-order valence-electron chi connectivity index (χ1n) is 5.53. The number of hydrogen-bond donors (Lipinski definition) is 3. The number of amides is 1. The van der Waals surface area contributed by atoms with Crippen LogP contribution in [-0.2, 0) is 0 Å². The molecule has 0 radical (unpaired) electrons. The van der Waals surface area contributed by atoms with Crippen molar-refractivity contribution in [2.45, 2.75) is 31.7 Å². The molecule has 1 amide bonds. The monoisotopic (exact) mass is 220 g/mol. The van der Waals surface area contributed by atoms with Crippen LogP contribution in [0.25, 0.3) is 0 Å². The Hall–Kier alpha value is -1.62. The van der Waals surface area contributed by atoms with E-state index in [1.807, 2.05) is 0 Å². The molecule has 1 aliphatic carbocycles. The molecule has 1 saturated carbocycles. The van der Waals surface area contributed by atoms with Crippen molar-refractivity contribution in [3.63, 3.8) is 0 Å². The van der Waals surface area contributed by atoms with E-state index in [1.54, 1.807) is 18.3 Å². The van der Waals surface area contributed by atoms with Gasteiger partial charge in [0.25, 0.3) is 5.91 Å². The second-order valence-electron chi connectivity index (χ2n) is 4.03. The largest absolute Gasteiger partial charge is 0.348 e. The van der Waals surface area contributed by atoms with Gasteiger partial charge in [0.15, 0.2) is 0 Å². The highest BCUT2D eigenvalue weighted by molar-refractivity contribution is 5.93. The van der Waals surface area contributed by atoms with Gasteiger partial charge in [-0.15, -0.1) is 0 Å². The Kier molecular flexibility index (Phi) is 3.36. The quantitative estimate of drug-likeness (QED) is 0.525. The zero-order valence-corrected chi connectivity index (χ0v) is 9.07. The zero-order valence-electron chi connectivity index (χ0n) is 9.07. The Labute approximate surface area is 94.4 Å². The molecule has 1 aromatic rings. The maximum absolute atomic E-state index is 11.8. The number of nitrogens with zero attached hydrogens (tertiary/aromatic N) is 1. The fraction of sp³-hybridized carbons (Fsp3) is 0.455. The van der Waals surface area contributed by atoms with Gasteiger partial charge in [-0.05, 0) is 25.0 Å². The lowest BCUT2D eigenvalue weighted by Gasteiger charge is -2.11. The average molecular weight is 220 g/mol. The van der Waals surface area contributed by atoms with Gasteiger partial charge in [-0.3, -0.25) is 15.6 Å². The summed E-state index contributed by atoms with van der Waals surface area (Å²) in [5.74, 6) is 5.15. The number of nitrogens with two attached hydrogens (primary N) is 1. The minimum absolute atomic E-state index is 0.121. The van der Waals surface area contributed by atoms with Gasteiger partial charge in [0.1, 0.15) is 5.69 Å². The van der Waals surface area contributed by atoms with Gasteiger partial charge in [-0.2, -0.15) is 0 Å². The van der Waals surface area contributed by atoms with Crippen molar-refractivity contribution in [1.29, 1.82) is 0 Å². The molecule has 0 spiro atoms. The minimum Gasteiger partial charge on any atom is -0.348 e. The Morgan fingerprint density at radius 1 is 1.44 bits per heavy atom. The topological polar surface area (TPSA) is 80.0 Å². The molecule has 0 aliphatic heterocycles. The molecule has 16 heavy (non-hydrogen) atoms. The van der Waals surface area contributed by atoms with Crippen molar-refractivity contribution in [2.75, 3.05) is 5.43 Å². The number of anilines is 1. The number of pyridine rings is 1. The van der Waals surface area contributed by atoms with E-state index in [1.165, 1.54) is 12.8 Å². The van der Waals surface area contributed by atoms with Crippen LogP contribution in [0.1, 0.15) is 36.2 Å². The van der Waals surface area contributed by atoms with Crippen molar-refractivity contribution in [2.24, 2.45) is 5.84 Å². The first-order chi connectivity index (χ1) is 7.79. The molecule has 0 saturated heterocycles. The molecule has 1 aromatic heterocycles. The van der Waals surface area contributed by atoms with Gasteiger partial charge < -0.3 is 10.7 Å². The van der Waals surface area contributed by atoms with Crippen molar-refractivity contribution < 1.29 is 4.79 Å². The number of aromatic nitrogens is 1. The third kappa shape index (κ3) is 2.49. The van der Waals surface area contributed by atoms with E-state index in [4.69, 9.17) is 5.84 Å². The summed E-state index contributed by atoms with van der Waals surface area (Å²) in [6, 6.07) is 3.67. The van der Waals surface area contributed by atoms with E-state index in [0.717, 1.165) is 12.8 Å². The third-order valence-corrected chi connectivity index (χ3v) is 2.85. The fourth-order valence-corrected chi connectivity index (χ4v) is 1.97. The number of nitrogen functional groups attached to an aromatic ring is 1.